The lowest BCUT2D eigenvalue weighted by molar-refractivity contribution is -0.135. The van der Waals surface area contributed by atoms with Crippen molar-refractivity contribution in [3.05, 3.63) is 0 Å². The van der Waals surface area contributed by atoms with Crippen molar-refractivity contribution in [2.24, 2.45) is 0 Å². The molecule has 0 saturated heterocycles. The van der Waals surface area contributed by atoms with E-state index in [1.807, 2.05) is 6.92 Å². The second-order valence-corrected chi connectivity index (χ2v) is 5.44. The van der Waals surface area contributed by atoms with Crippen molar-refractivity contribution in [3.8, 4) is 0 Å². The third kappa shape index (κ3) is 4.28. The molecule has 0 heterocycles. The molecule has 0 spiro atoms. The monoisotopic (exact) mass is 243 g/mol. The summed E-state index contributed by atoms with van der Waals surface area (Å²) in [7, 11) is 1.67. The maximum Gasteiger partial charge on any atom is 0.223 e. The van der Waals surface area contributed by atoms with E-state index in [1.165, 1.54) is 0 Å². The Labute approximate surface area is 104 Å². The summed E-state index contributed by atoms with van der Waals surface area (Å²) in [5.41, 5.74) is -1.04. The Morgan fingerprint density at radius 3 is 2.59 bits per heavy atom. The van der Waals surface area contributed by atoms with Crippen molar-refractivity contribution in [1.82, 2.24) is 5.32 Å². The van der Waals surface area contributed by atoms with Crippen LogP contribution in [-0.2, 0) is 9.53 Å². The lowest BCUT2D eigenvalue weighted by Crippen LogP contribution is -2.47. The van der Waals surface area contributed by atoms with E-state index in [2.05, 4.69) is 5.32 Å². The van der Waals surface area contributed by atoms with Gasteiger partial charge in [0.2, 0.25) is 5.91 Å². The zero-order valence-corrected chi connectivity index (χ0v) is 11.2. The molecule has 17 heavy (non-hydrogen) atoms. The van der Waals surface area contributed by atoms with E-state index in [-0.39, 0.29) is 11.5 Å². The lowest BCUT2D eigenvalue weighted by atomic mass is 9.77. The van der Waals surface area contributed by atoms with Crippen molar-refractivity contribution in [2.75, 3.05) is 13.7 Å². The van der Waals surface area contributed by atoms with Gasteiger partial charge in [-0.3, -0.25) is 4.79 Å². The average molecular weight is 243 g/mol. The Hall–Kier alpha value is -0.610. The second kappa shape index (κ2) is 5.83. The summed E-state index contributed by atoms with van der Waals surface area (Å²) in [5, 5.41) is 12.7. The maximum absolute atomic E-state index is 11.8. The predicted octanol–water partition coefficient (Wildman–Crippen LogP) is 1.61. The van der Waals surface area contributed by atoms with E-state index in [0.717, 1.165) is 25.7 Å². The van der Waals surface area contributed by atoms with Gasteiger partial charge >= 0.3 is 0 Å². The first-order chi connectivity index (χ1) is 7.93. The summed E-state index contributed by atoms with van der Waals surface area (Å²) in [4.78, 5) is 11.8. The molecule has 1 rings (SSSR count). The standard InChI is InChI=1S/C13H25NO3/c1-4-6-12(2,16)10-14-11(15)9-13(17-3)7-5-8-13/h16H,4-10H2,1-3H3,(H,14,15). The first kappa shape index (κ1) is 14.5. The molecular formula is C13H25NO3. The predicted molar refractivity (Wildman–Crippen MR) is 66.7 cm³/mol. The van der Waals surface area contributed by atoms with Crippen molar-refractivity contribution >= 4 is 5.91 Å². The fourth-order valence-electron chi connectivity index (χ4n) is 2.30. The van der Waals surface area contributed by atoms with Crippen LogP contribution in [0, 0.1) is 0 Å². The molecule has 4 nitrogen and oxygen atoms in total. The number of carbonyl (C=O) groups excluding carboxylic acids is 1. The fourth-order valence-corrected chi connectivity index (χ4v) is 2.30. The largest absolute Gasteiger partial charge is 0.388 e. The highest BCUT2D eigenvalue weighted by molar-refractivity contribution is 5.77. The van der Waals surface area contributed by atoms with Gasteiger partial charge in [-0.2, -0.15) is 0 Å². The molecule has 1 aliphatic carbocycles. The minimum absolute atomic E-state index is 0.0251. The van der Waals surface area contributed by atoms with E-state index in [9.17, 15) is 9.90 Å². The SMILES string of the molecule is CCCC(C)(O)CNC(=O)CC1(OC)CCC1. The molecule has 0 radical (unpaired) electrons. The molecule has 1 atom stereocenters. The van der Waals surface area contributed by atoms with Crippen LogP contribution in [0.25, 0.3) is 0 Å². The van der Waals surface area contributed by atoms with Gasteiger partial charge in [-0.25, -0.2) is 0 Å². The number of nitrogens with one attached hydrogen (secondary N) is 1. The molecule has 1 fully saturated rings. The Morgan fingerprint density at radius 2 is 2.18 bits per heavy atom. The second-order valence-electron chi connectivity index (χ2n) is 5.44. The topological polar surface area (TPSA) is 58.6 Å². The smallest absolute Gasteiger partial charge is 0.223 e. The Bertz CT molecular complexity index is 254. The van der Waals surface area contributed by atoms with Crippen molar-refractivity contribution in [1.29, 1.82) is 0 Å². The van der Waals surface area contributed by atoms with E-state index >= 15 is 0 Å². The molecule has 100 valence electrons. The summed E-state index contributed by atoms with van der Waals surface area (Å²) < 4.78 is 5.40. The number of rotatable bonds is 7. The van der Waals surface area contributed by atoms with Crippen molar-refractivity contribution in [2.45, 2.75) is 63.6 Å². The van der Waals surface area contributed by atoms with Gasteiger partial charge in [0.25, 0.3) is 0 Å². The van der Waals surface area contributed by atoms with E-state index in [0.29, 0.717) is 19.4 Å². The number of hydrogen-bond acceptors (Lipinski definition) is 3. The van der Waals surface area contributed by atoms with Crippen LogP contribution < -0.4 is 5.32 Å². The molecule has 0 aromatic carbocycles. The number of hydrogen-bond donors (Lipinski definition) is 2. The fraction of sp³-hybridized carbons (Fsp3) is 0.923. The van der Waals surface area contributed by atoms with Crippen LogP contribution in [0.4, 0.5) is 0 Å². The minimum Gasteiger partial charge on any atom is -0.388 e. The third-order valence-electron chi connectivity index (χ3n) is 3.64. The summed E-state index contributed by atoms with van der Waals surface area (Å²) >= 11 is 0. The van der Waals surface area contributed by atoms with Gasteiger partial charge in [-0.05, 0) is 32.6 Å². The van der Waals surface area contributed by atoms with Crippen LogP contribution in [0.2, 0.25) is 0 Å². The van der Waals surface area contributed by atoms with Gasteiger partial charge in [-0.15, -0.1) is 0 Å². The third-order valence-corrected chi connectivity index (χ3v) is 3.64. The highest BCUT2D eigenvalue weighted by Crippen LogP contribution is 2.37. The molecule has 2 N–H and O–H groups in total. The van der Waals surface area contributed by atoms with E-state index in [4.69, 9.17) is 4.74 Å². The van der Waals surface area contributed by atoms with Crippen LogP contribution in [-0.4, -0.2) is 35.9 Å². The number of carbonyl (C=O) groups is 1. The molecule has 1 amide bonds. The van der Waals surface area contributed by atoms with Crippen molar-refractivity contribution < 1.29 is 14.6 Å². The van der Waals surface area contributed by atoms with Crippen LogP contribution in [0.15, 0.2) is 0 Å². The molecule has 0 aliphatic heterocycles. The first-order valence-corrected chi connectivity index (χ1v) is 6.47. The summed E-state index contributed by atoms with van der Waals surface area (Å²) in [5.74, 6) is -0.0251. The van der Waals surface area contributed by atoms with Crippen molar-refractivity contribution in [3.63, 3.8) is 0 Å². The number of methoxy groups -OCH3 is 1. The van der Waals surface area contributed by atoms with Crippen LogP contribution >= 0.6 is 0 Å². The highest BCUT2D eigenvalue weighted by Gasteiger charge is 2.39. The zero-order chi connectivity index (χ0) is 12.9. The van der Waals surface area contributed by atoms with Gasteiger partial charge in [0.1, 0.15) is 0 Å². The van der Waals surface area contributed by atoms with Gasteiger partial charge in [0, 0.05) is 13.7 Å². The summed E-state index contributed by atoms with van der Waals surface area (Å²) in [6.45, 7) is 4.09. The zero-order valence-electron chi connectivity index (χ0n) is 11.2. The molecule has 1 aliphatic rings. The minimum atomic E-state index is -0.801. The number of aliphatic hydroxyl groups is 1. The van der Waals surface area contributed by atoms with Gasteiger partial charge in [-0.1, -0.05) is 13.3 Å². The molecule has 0 aromatic rings. The highest BCUT2D eigenvalue weighted by atomic mass is 16.5. The average Bonchev–Trinajstić information content (AvgIpc) is 2.21. The molecule has 1 unspecified atom stereocenters. The van der Waals surface area contributed by atoms with E-state index < -0.39 is 5.60 Å². The number of ether oxygens (including phenoxy) is 1. The first-order valence-electron chi connectivity index (χ1n) is 6.47. The molecule has 1 saturated carbocycles. The Balaban J connectivity index is 2.30. The summed E-state index contributed by atoms with van der Waals surface area (Å²) in [6.07, 6.45) is 5.07. The molecule has 4 heteroatoms. The Kier molecular flexibility index (Phi) is 4.95. The molecule has 0 aromatic heterocycles. The summed E-state index contributed by atoms with van der Waals surface area (Å²) in [6, 6.07) is 0. The van der Waals surface area contributed by atoms with Gasteiger partial charge in [0.05, 0.1) is 17.6 Å². The quantitative estimate of drug-likeness (QED) is 0.714. The van der Waals surface area contributed by atoms with Crippen LogP contribution in [0.1, 0.15) is 52.4 Å². The normalized spacial score (nSPS) is 21.4. The molecular weight excluding hydrogens is 218 g/mol. The number of amides is 1. The van der Waals surface area contributed by atoms with Crippen LogP contribution in [0.5, 0.6) is 0 Å². The molecule has 0 bridgehead atoms. The van der Waals surface area contributed by atoms with Gasteiger partial charge < -0.3 is 15.2 Å². The maximum atomic E-state index is 11.8. The Morgan fingerprint density at radius 1 is 1.53 bits per heavy atom. The van der Waals surface area contributed by atoms with Crippen LogP contribution in [0.3, 0.4) is 0 Å². The lowest BCUT2D eigenvalue weighted by Gasteiger charge is -2.40. The van der Waals surface area contributed by atoms with E-state index in [1.54, 1.807) is 14.0 Å². The van der Waals surface area contributed by atoms with Gasteiger partial charge in [0.15, 0.2) is 0 Å².